The third-order valence-electron chi connectivity index (χ3n) is 4.43. The number of pyridine rings is 1. The summed E-state index contributed by atoms with van der Waals surface area (Å²) in [6, 6.07) is 9.23. The normalized spacial score (nSPS) is 11.6. The number of aryl methyl sites for hydroxylation is 1. The average molecular weight is 476 g/mol. The number of carbonyl (C=O) groups excluding carboxylic acids is 1. The van der Waals surface area contributed by atoms with E-state index in [0.717, 1.165) is 6.07 Å². The molecule has 162 valence electrons. The third kappa shape index (κ3) is 4.39. The number of carbonyl (C=O) groups is 1. The summed E-state index contributed by atoms with van der Waals surface area (Å²) in [5.41, 5.74) is 1.27. The molecule has 0 radical (unpaired) electrons. The maximum atomic E-state index is 14.0. The van der Waals surface area contributed by atoms with Gasteiger partial charge in [0.2, 0.25) is 0 Å². The first-order valence-electron chi connectivity index (χ1n) is 9.07. The van der Waals surface area contributed by atoms with Gasteiger partial charge in [-0.15, -0.1) is 0 Å². The zero-order valence-electron chi connectivity index (χ0n) is 16.3. The minimum absolute atomic E-state index is 0.0244. The van der Waals surface area contributed by atoms with Gasteiger partial charge in [-0.2, -0.15) is 5.10 Å². The molecule has 0 saturated carbocycles. The Hall–Kier alpha value is -3.56. The van der Waals surface area contributed by atoms with E-state index in [4.69, 9.17) is 27.7 Å². The lowest BCUT2D eigenvalue weighted by molar-refractivity contribution is 0.0961. The monoisotopic (exact) mass is 475 g/mol. The van der Waals surface area contributed by atoms with Crippen LogP contribution >= 0.6 is 23.2 Å². The highest BCUT2D eigenvalue weighted by molar-refractivity contribution is 6.31. The van der Waals surface area contributed by atoms with Gasteiger partial charge < -0.3 is 9.84 Å². The van der Waals surface area contributed by atoms with Crippen molar-refractivity contribution in [2.24, 2.45) is 7.05 Å². The Kier molecular flexibility index (Phi) is 6.02. The number of nitrogens with zero attached hydrogens (tertiary/aromatic N) is 4. The van der Waals surface area contributed by atoms with Crippen LogP contribution in [-0.2, 0) is 7.05 Å². The van der Waals surface area contributed by atoms with Gasteiger partial charge in [0.15, 0.2) is 11.5 Å². The summed E-state index contributed by atoms with van der Waals surface area (Å²) in [5.74, 6) is -2.23. The number of halogens is 4. The summed E-state index contributed by atoms with van der Waals surface area (Å²) in [7, 11) is 1.67. The first kappa shape index (κ1) is 21.7. The summed E-state index contributed by atoms with van der Waals surface area (Å²) in [6.45, 7) is 0. The number of amides is 1. The van der Waals surface area contributed by atoms with E-state index in [9.17, 15) is 13.6 Å². The van der Waals surface area contributed by atoms with Gasteiger partial charge in [-0.05, 0) is 24.3 Å². The molecule has 1 amide bonds. The Bertz CT molecular complexity index is 1350. The van der Waals surface area contributed by atoms with Gasteiger partial charge in [-0.1, -0.05) is 34.4 Å². The van der Waals surface area contributed by atoms with Crippen molar-refractivity contribution >= 4 is 34.7 Å². The molecule has 0 spiro atoms. The van der Waals surface area contributed by atoms with Gasteiger partial charge in [0.25, 0.3) is 5.91 Å². The van der Waals surface area contributed by atoms with E-state index in [-0.39, 0.29) is 22.2 Å². The van der Waals surface area contributed by atoms with Crippen LogP contribution in [0.2, 0.25) is 10.3 Å². The van der Waals surface area contributed by atoms with Gasteiger partial charge in [-0.25, -0.2) is 13.8 Å². The molecule has 7 nitrogen and oxygen atoms in total. The summed E-state index contributed by atoms with van der Waals surface area (Å²) >= 11 is 12.3. The predicted molar refractivity (Wildman–Crippen MR) is 114 cm³/mol. The van der Waals surface area contributed by atoms with Crippen molar-refractivity contribution in [2.45, 2.75) is 0 Å². The van der Waals surface area contributed by atoms with E-state index in [2.05, 4.69) is 20.6 Å². The first-order valence-corrected chi connectivity index (χ1v) is 9.83. The molecule has 3 aromatic heterocycles. The second-order valence-electron chi connectivity index (χ2n) is 6.55. The first-order chi connectivity index (χ1) is 15.3. The van der Waals surface area contributed by atoms with Crippen molar-refractivity contribution in [3.05, 3.63) is 93.8 Å². The van der Waals surface area contributed by atoms with Crippen molar-refractivity contribution in [1.82, 2.24) is 25.2 Å². The van der Waals surface area contributed by atoms with Crippen LogP contribution in [0.1, 0.15) is 21.7 Å². The number of aromatic nitrogens is 4. The fourth-order valence-electron chi connectivity index (χ4n) is 2.86. The number of benzene rings is 1. The average Bonchev–Trinajstić information content (AvgIpc) is 3.37. The summed E-state index contributed by atoms with van der Waals surface area (Å²) in [5, 5.41) is 10.9. The van der Waals surface area contributed by atoms with Crippen LogP contribution in [0.15, 0.2) is 59.4 Å². The highest BCUT2D eigenvalue weighted by Gasteiger charge is 2.18. The molecule has 0 aliphatic carbocycles. The molecule has 11 heteroatoms. The van der Waals surface area contributed by atoms with Crippen LogP contribution in [0, 0.1) is 11.6 Å². The molecule has 1 N–H and O–H groups in total. The topological polar surface area (TPSA) is 85.8 Å². The molecule has 0 atom stereocenters. The second kappa shape index (κ2) is 8.89. The van der Waals surface area contributed by atoms with Crippen LogP contribution < -0.4 is 5.32 Å². The van der Waals surface area contributed by atoms with Gasteiger partial charge in [0.1, 0.15) is 21.9 Å². The van der Waals surface area contributed by atoms with E-state index in [1.165, 1.54) is 29.2 Å². The third-order valence-corrected chi connectivity index (χ3v) is 5.09. The number of nitrogens with one attached hydrogen (secondary N) is 1. The summed E-state index contributed by atoms with van der Waals surface area (Å²) < 4.78 is 33.6. The molecule has 1 aromatic carbocycles. The number of hydrogen-bond acceptors (Lipinski definition) is 5. The fraction of sp³-hybridized carbons (Fsp3) is 0.0476. The Morgan fingerprint density at radius 1 is 1.16 bits per heavy atom. The Labute approximate surface area is 190 Å². The minimum atomic E-state index is -0.839. The molecule has 4 aromatic rings. The van der Waals surface area contributed by atoms with E-state index < -0.39 is 17.5 Å². The van der Waals surface area contributed by atoms with Gasteiger partial charge >= 0.3 is 0 Å². The Morgan fingerprint density at radius 3 is 2.66 bits per heavy atom. The van der Waals surface area contributed by atoms with Crippen LogP contribution in [0.25, 0.3) is 16.9 Å². The molecule has 0 saturated heterocycles. The molecular formula is C21H13Cl2F2N5O2. The molecule has 0 bridgehead atoms. The largest absolute Gasteiger partial charge is 0.355 e. The van der Waals surface area contributed by atoms with Crippen LogP contribution in [-0.4, -0.2) is 25.8 Å². The van der Waals surface area contributed by atoms with Crippen LogP contribution in [0.3, 0.4) is 0 Å². The van der Waals surface area contributed by atoms with Crippen molar-refractivity contribution < 1.29 is 18.1 Å². The van der Waals surface area contributed by atoms with Crippen LogP contribution in [0.5, 0.6) is 0 Å². The smallest absolute Gasteiger partial charge is 0.277 e. The van der Waals surface area contributed by atoms with E-state index in [0.29, 0.717) is 28.0 Å². The number of hydrogen-bond donors (Lipinski definition) is 1. The van der Waals surface area contributed by atoms with Gasteiger partial charge in [0, 0.05) is 36.5 Å². The standard InChI is InChI=1S/C21H13Cl2F2N5O2/c1-30-20(23)14(10-27-30)13(16-3-2-4-19(22)28-16)9-26-21(31)17-8-18(32-29-17)12-6-5-11(24)7-15(12)25/h2-10H,1H3,(H,26,31)/b13-9-. The molecule has 0 aliphatic heterocycles. The molecule has 0 unspecified atom stereocenters. The van der Waals surface area contributed by atoms with Crippen molar-refractivity contribution in [3.8, 4) is 11.3 Å². The molecule has 3 heterocycles. The number of rotatable bonds is 5. The molecule has 0 fully saturated rings. The van der Waals surface area contributed by atoms with Crippen molar-refractivity contribution in [2.75, 3.05) is 0 Å². The van der Waals surface area contributed by atoms with Crippen molar-refractivity contribution in [1.29, 1.82) is 0 Å². The van der Waals surface area contributed by atoms with E-state index in [1.54, 1.807) is 25.2 Å². The molecular weight excluding hydrogens is 463 g/mol. The molecule has 0 aliphatic rings. The fourth-order valence-corrected chi connectivity index (χ4v) is 3.22. The highest BCUT2D eigenvalue weighted by Crippen LogP contribution is 2.28. The Balaban J connectivity index is 1.64. The van der Waals surface area contributed by atoms with Gasteiger partial charge in [-0.3, -0.25) is 9.48 Å². The lowest BCUT2D eigenvalue weighted by Gasteiger charge is -2.07. The zero-order chi connectivity index (χ0) is 22.8. The summed E-state index contributed by atoms with van der Waals surface area (Å²) in [6.07, 6.45) is 2.91. The quantitative estimate of drug-likeness (QED) is 0.416. The predicted octanol–water partition coefficient (Wildman–Crippen LogP) is 4.87. The summed E-state index contributed by atoms with van der Waals surface area (Å²) in [4.78, 5) is 16.9. The lowest BCUT2D eigenvalue weighted by atomic mass is 10.1. The second-order valence-corrected chi connectivity index (χ2v) is 7.30. The Morgan fingerprint density at radius 2 is 1.97 bits per heavy atom. The molecule has 32 heavy (non-hydrogen) atoms. The van der Waals surface area contributed by atoms with E-state index in [1.807, 2.05) is 0 Å². The highest BCUT2D eigenvalue weighted by atomic mass is 35.5. The zero-order valence-corrected chi connectivity index (χ0v) is 17.8. The van der Waals surface area contributed by atoms with Gasteiger partial charge in [0.05, 0.1) is 17.5 Å². The lowest BCUT2D eigenvalue weighted by Crippen LogP contribution is -2.18. The maximum Gasteiger partial charge on any atom is 0.277 e. The minimum Gasteiger partial charge on any atom is -0.355 e. The molecule has 4 rings (SSSR count). The SMILES string of the molecule is Cn1ncc(/C(=C/NC(=O)c2cc(-c3ccc(F)cc3F)on2)c2cccc(Cl)n2)c1Cl. The van der Waals surface area contributed by atoms with Crippen molar-refractivity contribution in [3.63, 3.8) is 0 Å². The van der Waals surface area contributed by atoms with E-state index >= 15 is 0 Å². The van der Waals surface area contributed by atoms with Crippen LogP contribution in [0.4, 0.5) is 8.78 Å². The maximum absolute atomic E-state index is 14.0.